The number of nitrogens with zero attached hydrogens (tertiary/aromatic N) is 1. The summed E-state index contributed by atoms with van der Waals surface area (Å²) in [4.78, 5) is 2.76. The number of rotatable bonds is 4. The summed E-state index contributed by atoms with van der Waals surface area (Å²) in [5.74, 6) is 0. The largest absolute Gasteiger partial charge is 0.314 e. The Morgan fingerprint density at radius 1 is 1.24 bits per heavy atom. The zero-order chi connectivity index (χ0) is 14.8. The summed E-state index contributed by atoms with van der Waals surface area (Å²) in [5.41, 5.74) is 1.29. The maximum absolute atomic E-state index is 6.43. The van der Waals surface area contributed by atoms with Crippen LogP contribution in [0.4, 0.5) is 0 Å². The third-order valence-corrected chi connectivity index (χ3v) is 5.67. The smallest absolute Gasteiger partial charge is 0.0453 e. The average molecular weight is 307 g/mol. The molecule has 0 amide bonds. The molecule has 1 aromatic carbocycles. The number of halogens is 1. The highest BCUT2D eigenvalue weighted by atomic mass is 35.5. The summed E-state index contributed by atoms with van der Waals surface area (Å²) < 4.78 is 0. The van der Waals surface area contributed by atoms with Crippen LogP contribution in [-0.4, -0.2) is 29.6 Å². The molecule has 2 nitrogen and oxygen atoms in total. The molecule has 2 saturated heterocycles. The maximum atomic E-state index is 6.43. The topological polar surface area (TPSA) is 15.3 Å². The Balaban J connectivity index is 1.80. The van der Waals surface area contributed by atoms with Crippen molar-refractivity contribution in [2.24, 2.45) is 0 Å². The molecule has 2 aliphatic rings. The normalized spacial score (nSPS) is 31.1. The minimum Gasteiger partial charge on any atom is -0.314 e. The zero-order valence-electron chi connectivity index (χ0n) is 13.2. The number of nitrogens with one attached hydrogen (secondary N) is 1. The Hall–Kier alpha value is -0.570. The summed E-state index contributed by atoms with van der Waals surface area (Å²) in [6, 6.07) is 10.9. The number of piperidine rings is 2. The Morgan fingerprint density at radius 3 is 2.52 bits per heavy atom. The highest BCUT2D eigenvalue weighted by Gasteiger charge is 2.40. The third kappa shape index (κ3) is 3.13. The van der Waals surface area contributed by atoms with E-state index in [9.17, 15) is 0 Å². The summed E-state index contributed by atoms with van der Waals surface area (Å²) in [6.07, 6.45) is 6.65. The second-order valence-corrected chi connectivity index (χ2v) is 7.02. The lowest BCUT2D eigenvalue weighted by Gasteiger charge is -2.52. The molecule has 3 rings (SSSR count). The van der Waals surface area contributed by atoms with Gasteiger partial charge in [0.25, 0.3) is 0 Å². The molecule has 2 bridgehead atoms. The minimum atomic E-state index is 0.427. The number of hydrogen-bond donors (Lipinski definition) is 1. The average Bonchev–Trinajstić information content (AvgIpc) is 2.46. The van der Waals surface area contributed by atoms with E-state index in [4.69, 9.17) is 11.6 Å². The van der Waals surface area contributed by atoms with Crippen LogP contribution in [0.5, 0.6) is 0 Å². The van der Waals surface area contributed by atoms with Crippen molar-refractivity contribution in [1.82, 2.24) is 10.2 Å². The molecule has 1 aromatic rings. The molecular formula is C18H27ClN2. The van der Waals surface area contributed by atoms with Crippen molar-refractivity contribution in [2.75, 3.05) is 6.54 Å². The number of hydrogen-bond acceptors (Lipinski definition) is 2. The Labute approximate surface area is 133 Å². The highest BCUT2D eigenvalue weighted by Crippen LogP contribution is 2.41. The SMILES string of the molecule is CCNC1CC2CCCC(C1)N2C(C)c1ccccc1Cl. The first-order chi connectivity index (χ1) is 10.2. The predicted octanol–water partition coefficient (Wildman–Crippen LogP) is 4.40. The lowest BCUT2D eigenvalue weighted by Crippen LogP contribution is -2.56. The van der Waals surface area contributed by atoms with E-state index in [0.717, 1.165) is 11.6 Å². The first-order valence-corrected chi connectivity index (χ1v) is 8.83. The van der Waals surface area contributed by atoms with Gasteiger partial charge in [-0.05, 0) is 50.8 Å². The maximum Gasteiger partial charge on any atom is 0.0453 e. The molecular weight excluding hydrogens is 280 g/mol. The van der Waals surface area contributed by atoms with Gasteiger partial charge < -0.3 is 5.32 Å². The quantitative estimate of drug-likeness (QED) is 0.887. The van der Waals surface area contributed by atoms with E-state index < -0.39 is 0 Å². The Bertz CT molecular complexity index is 462. The minimum absolute atomic E-state index is 0.427. The molecule has 2 heterocycles. The summed E-state index contributed by atoms with van der Waals surface area (Å²) in [5, 5.41) is 4.58. The molecule has 0 aliphatic carbocycles. The highest BCUT2D eigenvalue weighted by molar-refractivity contribution is 6.31. The lowest BCUT2D eigenvalue weighted by atomic mass is 9.80. The van der Waals surface area contributed by atoms with Crippen LogP contribution in [0.2, 0.25) is 5.02 Å². The van der Waals surface area contributed by atoms with E-state index >= 15 is 0 Å². The molecule has 1 N–H and O–H groups in total. The van der Waals surface area contributed by atoms with Gasteiger partial charge in [-0.1, -0.05) is 43.1 Å². The lowest BCUT2D eigenvalue weighted by molar-refractivity contribution is -0.00598. The third-order valence-electron chi connectivity index (χ3n) is 5.33. The molecule has 21 heavy (non-hydrogen) atoms. The molecule has 2 fully saturated rings. The summed E-state index contributed by atoms with van der Waals surface area (Å²) in [6.45, 7) is 5.64. The zero-order valence-corrected chi connectivity index (χ0v) is 13.9. The molecule has 0 radical (unpaired) electrons. The van der Waals surface area contributed by atoms with Crippen molar-refractivity contribution < 1.29 is 0 Å². The fraction of sp³-hybridized carbons (Fsp3) is 0.667. The van der Waals surface area contributed by atoms with Crippen LogP contribution in [0.3, 0.4) is 0 Å². The van der Waals surface area contributed by atoms with Gasteiger partial charge in [0.15, 0.2) is 0 Å². The van der Waals surface area contributed by atoms with Crippen LogP contribution in [0.25, 0.3) is 0 Å². The van der Waals surface area contributed by atoms with Gasteiger partial charge in [0.2, 0.25) is 0 Å². The van der Waals surface area contributed by atoms with Crippen molar-refractivity contribution in [3.63, 3.8) is 0 Å². The van der Waals surface area contributed by atoms with Gasteiger partial charge in [0.1, 0.15) is 0 Å². The van der Waals surface area contributed by atoms with E-state index in [1.807, 2.05) is 12.1 Å². The molecule has 116 valence electrons. The van der Waals surface area contributed by atoms with Crippen molar-refractivity contribution in [2.45, 2.75) is 70.1 Å². The van der Waals surface area contributed by atoms with Crippen molar-refractivity contribution >= 4 is 11.6 Å². The molecule has 0 spiro atoms. The van der Waals surface area contributed by atoms with E-state index in [1.165, 1.54) is 37.7 Å². The van der Waals surface area contributed by atoms with Crippen molar-refractivity contribution in [3.8, 4) is 0 Å². The Kier molecular flexibility index (Phi) is 4.88. The second kappa shape index (κ2) is 6.68. The van der Waals surface area contributed by atoms with Crippen LogP contribution >= 0.6 is 11.6 Å². The van der Waals surface area contributed by atoms with E-state index in [2.05, 4.69) is 36.2 Å². The molecule has 2 aliphatic heterocycles. The van der Waals surface area contributed by atoms with Gasteiger partial charge in [-0.3, -0.25) is 4.90 Å². The molecule has 3 heteroatoms. The molecule has 0 saturated carbocycles. The number of fused-ring (bicyclic) bond motifs is 2. The van der Waals surface area contributed by atoms with Gasteiger partial charge in [0, 0.05) is 29.2 Å². The van der Waals surface area contributed by atoms with Crippen LogP contribution in [0, 0.1) is 0 Å². The molecule has 0 aromatic heterocycles. The van der Waals surface area contributed by atoms with E-state index in [0.29, 0.717) is 24.2 Å². The van der Waals surface area contributed by atoms with Crippen molar-refractivity contribution in [3.05, 3.63) is 34.9 Å². The van der Waals surface area contributed by atoms with Crippen LogP contribution < -0.4 is 5.32 Å². The predicted molar refractivity (Wildman–Crippen MR) is 89.8 cm³/mol. The molecule has 3 atom stereocenters. The standard InChI is InChI=1S/C18H27ClN2/c1-3-20-14-11-15-7-6-8-16(12-14)21(15)13(2)17-9-4-5-10-18(17)19/h4-5,9-10,13-16,20H,3,6-8,11-12H2,1-2H3. The first kappa shape index (κ1) is 15.3. The summed E-state index contributed by atoms with van der Waals surface area (Å²) in [7, 11) is 0. The number of benzene rings is 1. The fourth-order valence-electron chi connectivity index (χ4n) is 4.48. The summed E-state index contributed by atoms with van der Waals surface area (Å²) >= 11 is 6.43. The van der Waals surface area contributed by atoms with Crippen LogP contribution in [0.1, 0.15) is 57.6 Å². The monoisotopic (exact) mass is 306 g/mol. The fourth-order valence-corrected chi connectivity index (χ4v) is 4.77. The van der Waals surface area contributed by atoms with Gasteiger partial charge in [0.05, 0.1) is 0 Å². The van der Waals surface area contributed by atoms with E-state index in [-0.39, 0.29) is 0 Å². The van der Waals surface area contributed by atoms with Gasteiger partial charge in [-0.25, -0.2) is 0 Å². The van der Waals surface area contributed by atoms with Crippen LogP contribution in [0.15, 0.2) is 24.3 Å². The van der Waals surface area contributed by atoms with E-state index in [1.54, 1.807) is 0 Å². The van der Waals surface area contributed by atoms with Gasteiger partial charge in [-0.2, -0.15) is 0 Å². The van der Waals surface area contributed by atoms with Gasteiger partial charge >= 0.3 is 0 Å². The molecule has 3 unspecified atom stereocenters. The van der Waals surface area contributed by atoms with Crippen LogP contribution in [-0.2, 0) is 0 Å². The van der Waals surface area contributed by atoms with Gasteiger partial charge in [-0.15, -0.1) is 0 Å². The second-order valence-electron chi connectivity index (χ2n) is 6.61. The first-order valence-electron chi connectivity index (χ1n) is 8.46. The Morgan fingerprint density at radius 2 is 1.90 bits per heavy atom. The van der Waals surface area contributed by atoms with Crippen molar-refractivity contribution in [1.29, 1.82) is 0 Å².